The minimum absolute atomic E-state index is 0.195. The fraction of sp³-hybridized carbons (Fsp3) is 0.211. The van der Waals surface area contributed by atoms with Crippen LogP contribution in [0.1, 0.15) is 18.9 Å². The summed E-state index contributed by atoms with van der Waals surface area (Å²) in [6.45, 7) is 3.87. The summed E-state index contributed by atoms with van der Waals surface area (Å²) in [7, 11) is 0. The molecule has 0 radical (unpaired) electrons. The Morgan fingerprint density at radius 1 is 1.24 bits per heavy atom. The van der Waals surface area contributed by atoms with Crippen molar-refractivity contribution < 1.29 is 9.53 Å². The number of nitrogens with zero attached hydrogens (tertiary/aromatic N) is 3. The zero-order valence-electron chi connectivity index (χ0n) is 14.2. The summed E-state index contributed by atoms with van der Waals surface area (Å²) in [5.74, 6) is 1.21. The van der Waals surface area contributed by atoms with Crippen molar-refractivity contribution >= 4 is 11.6 Å². The maximum absolute atomic E-state index is 12.5. The molecule has 0 fully saturated rings. The maximum Gasteiger partial charge on any atom is 0.265 e. The first-order valence-electron chi connectivity index (χ1n) is 8.16. The number of rotatable bonds is 6. The van der Waals surface area contributed by atoms with Crippen molar-refractivity contribution in [1.29, 1.82) is 0 Å². The zero-order chi connectivity index (χ0) is 17.6. The molecule has 1 atom stereocenters. The molecule has 1 unspecified atom stereocenters. The number of anilines is 1. The second-order valence-electron chi connectivity index (χ2n) is 5.63. The summed E-state index contributed by atoms with van der Waals surface area (Å²) >= 11 is 0. The lowest BCUT2D eigenvalue weighted by molar-refractivity contribution is -0.122. The number of ether oxygens (including phenoxy) is 1. The fourth-order valence-corrected chi connectivity index (χ4v) is 2.39. The van der Waals surface area contributed by atoms with E-state index in [4.69, 9.17) is 4.74 Å². The van der Waals surface area contributed by atoms with E-state index < -0.39 is 6.10 Å². The number of aryl methyl sites for hydroxylation is 1. The molecule has 6 nitrogen and oxygen atoms in total. The number of para-hydroxylation sites is 1. The van der Waals surface area contributed by atoms with Crippen LogP contribution in [0.5, 0.6) is 5.75 Å². The molecule has 3 aromatic rings. The third-order valence-corrected chi connectivity index (χ3v) is 3.78. The molecule has 1 amide bonds. The van der Waals surface area contributed by atoms with Crippen LogP contribution in [-0.2, 0) is 4.79 Å². The number of benzene rings is 1. The second kappa shape index (κ2) is 7.61. The first-order valence-corrected chi connectivity index (χ1v) is 8.16. The topological polar surface area (TPSA) is 69.0 Å². The van der Waals surface area contributed by atoms with Gasteiger partial charge in [-0.3, -0.25) is 4.79 Å². The predicted octanol–water partition coefficient (Wildman–Crippen LogP) is 3.37. The Labute approximate surface area is 146 Å². The zero-order valence-corrected chi connectivity index (χ0v) is 14.2. The lowest BCUT2D eigenvalue weighted by atomic mass is 10.2. The van der Waals surface area contributed by atoms with Crippen molar-refractivity contribution in [1.82, 2.24) is 14.8 Å². The molecular formula is C19H20N4O2. The summed E-state index contributed by atoms with van der Waals surface area (Å²) in [4.78, 5) is 16.8. The van der Waals surface area contributed by atoms with Crippen LogP contribution in [0.4, 0.5) is 5.69 Å². The Morgan fingerprint density at radius 2 is 2.08 bits per heavy atom. The van der Waals surface area contributed by atoms with Gasteiger partial charge in [-0.2, -0.15) is 5.10 Å². The van der Waals surface area contributed by atoms with Gasteiger partial charge < -0.3 is 10.1 Å². The monoisotopic (exact) mass is 336 g/mol. The molecular weight excluding hydrogens is 316 g/mol. The second-order valence-corrected chi connectivity index (χ2v) is 5.63. The molecule has 2 aromatic heterocycles. The highest BCUT2D eigenvalue weighted by Gasteiger charge is 2.19. The number of hydrogen-bond donors (Lipinski definition) is 1. The van der Waals surface area contributed by atoms with Crippen LogP contribution in [0.15, 0.2) is 61.1 Å². The third-order valence-electron chi connectivity index (χ3n) is 3.78. The largest absolute Gasteiger partial charge is 0.480 e. The maximum atomic E-state index is 12.5. The van der Waals surface area contributed by atoms with E-state index in [1.54, 1.807) is 29.2 Å². The van der Waals surface area contributed by atoms with Gasteiger partial charge >= 0.3 is 0 Å². The van der Waals surface area contributed by atoms with E-state index >= 15 is 0 Å². The summed E-state index contributed by atoms with van der Waals surface area (Å²) < 4.78 is 7.52. The first kappa shape index (κ1) is 16.7. The molecule has 0 aliphatic rings. The molecule has 0 saturated heterocycles. The van der Waals surface area contributed by atoms with Crippen molar-refractivity contribution in [3.63, 3.8) is 0 Å². The van der Waals surface area contributed by atoms with Crippen molar-refractivity contribution in [2.24, 2.45) is 0 Å². The van der Waals surface area contributed by atoms with Gasteiger partial charge in [0.05, 0.1) is 11.9 Å². The van der Waals surface area contributed by atoms with Crippen molar-refractivity contribution in [2.45, 2.75) is 26.4 Å². The lowest BCUT2D eigenvalue weighted by Crippen LogP contribution is -2.32. The standard InChI is InChI=1S/C19H20N4O2/c1-3-16(25-17-8-5-4-7-14(17)2)19(24)22-15-9-10-18(20-13-15)23-12-6-11-21-23/h4-13,16H,3H2,1-2H3,(H,22,24). The smallest absolute Gasteiger partial charge is 0.265 e. The Hall–Kier alpha value is -3.15. The van der Waals surface area contributed by atoms with Crippen molar-refractivity contribution in [3.05, 3.63) is 66.6 Å². The Kier molecular flexibility index (Phi) is 5.09. The minimum atomic E-state index is -0.563. The van der Waals surface area contributed by atoms with Gasteiger partial charge in [0.25, 0.3) is 5.91 Å². The quantitative estimate of drug-likeness (QED) is 0.749. The Bertz CT molecular complexity index is 829. The summed E-state index contributed by atoms with van der Waals surface area (Å²) in [5, 5.41) is 6.97. The highest BCUT2D eigenvalue weighted by atomic mass is 16.5. The van der Waals surface area contributed by atoms with E-state index in [-0.39, 0.29) is 5.91 Å². The van der Waals surface area contributed by atoms with Gasteiger partial charge in [-0.25, -0.2) is 9.67 Å². The first-order chi connectivity index (χ1) is 12.2. The van der Waals surface area contributed by atoms with Gasteiger partial charge in [0.15, 0.2) is 11.9 Å². The number of carbonyl (C=O) groups excluding carboxylic acids is 1. The molecule has 0 spiro atoms. The third kappa shape index (κ3) is 4.03. The van der Waals surface area contributed by atoms with Gasteiger partial charge in [-0.1, -0.05) is 25.1 Å². The van der Waals surface area contributed by atoms with E-state index in [1.165, 1.54) is 0 Å². The van der Waals surface area contributed by atoms with Gasteiger partial charge in [-0.15, -0.1) is 0 Å². The number of amides is 1. The average Bonchev–Trinajstić information content (AvgIpc) is 3.16. The minimum Gasteiger partial charge on any atom is -0.480 e. The van der Waals surface area contributed by atoms with Crippen molar-refractivity contribution in [3.8, 4) is 11.6 Å². The van der Waals surface area contributed by atoms with E-state index in [0.29, 0.717) is 17.9 Å². The molecule has 1 N–H and O–H groups in total. The molecule has 0 aliphatic heterocycles. The van der Waals surface area contributed by atoms with E-state index in [9.17, 15) is 4.79 Å². The number of pyridine rings is 1. The van der Waals surface area contributed by atoms with Crippen LogP contribution in [0, 0.1) is 6.92 Å². The number of nitrogens with one attached hydrogen (secondary N) is 1. The van der Waals surface area contributed by atoms with Crippen LogP contribution >= 0.6 is 0 Å². The molecule has 1 aromatic carbocycles. The predicted molar refractivity (Wildman–Crippen MR) is 95.9 cm³/mol. The summed E-state index contributed by atoms with van der Waals surface area (Å²) in [5.41, 5.74) is 1.62. The van der Waals surface area contributed by atoms with Crippen LogP contribution in [0.2, 0.25) is 0 Å². The van der Waals surface area contributed by atoms with Gasteiger partial charge in [0.1, 0.15) is 5.75 Å². The molecule has 25 heavy (non-hydrogen) atoms. The average molecular weight is 336 g/mol. The van der Waals surface area contributed by atoms with Crippen LogP contribution < -0.4 is 10.1 Å². The van der Waals surface area contributed by atoms with Gasteiger partial charge in [0.2, 0.25) is 0 Å². The highest BCUT2D eigenvalue weighted by Crippen LogP contribution is 2.19. The molecule has 128 valence electrons. The molecule has 0 aliphatic carbocycles. The highest BCUT2D eigenvalue weighted by molar-refractivity contribution is 5.94. The SMILES string of the molecule is CCC(Oc1ccccc1C)C(=O)Nc1ccc(-n2cccn2)nc1. The van der Waals surface area contributed by atoms with E-state index in [0.717, 1.165) is 11.3 Å². The van der Waals surface area contributed by atoms with Gasteiger partial charge in [0, 0.05) is 12.4 Å². The van der Waals surface area contributed by atoms with Crippen LogP contribution in [0.25, 0.3) is 5.82 Å². The van der Waals surface area contributed by atoms with Crippen molar-refractivity contribution in [2.75, 3.05) is 5.32 Å². The van der Waals surface area contributed by atoms with E-state index in [1.807, 2.05) is 50.4 Å². The fourth-order valence-electron chi connectivity index (χ4n) is 2.39. The lowest BCUT2D eigenvalue weighted by Gasteiger charge is -2.18. The number of carbonyl (C=O) groups is 1. The van der Waals surface area contributed by atoms with Gasteiger partial charge in [-0.05, 0) is 43.2 Å². The molecule has 6 heteroatoms. The number of hydrogen-bond acceptors (Lipinski definition) is 4. The molecule has 3 rings (SSSR count). The Morgan fingerprint density at radius 3 is 2.72 bits per heavy atom. The molecule has 0 bridgehead atoms. The van der Waals surface area contributed by atoms with Crippen LogP contribution in [0.3, 0.4) is 0 Å². The summed E-state index contributed by atoms with van der Waals surface area (Å²) in [6.07, 6.45) is 5.11. The normalized spacial score (nSPS) is 11.8. The Balaban J connectivity index is 1.66. The molecule has 2 heterocycles. The molecule has 0 saturated carbocycles. The number of aromatic nitrogens is 3. The van der Waals surface area contributed by atoms with E-state index in [2.05, 4.69) is 15.4 Å². The summed E-state index contributed by atoms with van der Waals surface area (Å²) in [6, 6.07) is 13.1. The van der Waals surface area contributed by atoms with Crippen LogP contribution in [-0.4, -0.2) is 26.8 Å².